The first-order valence-electron chi connectivity index (χ1n) is 5.50. The van der Waals surface area contributed by atoms with Crippen molar-refractivity contribution in [3.8, 4) is 11.5 Å². The van der Waals surface area contributed by atoms with Crippen LogP contribution >= 0.6 is 0 Å². The van der Waals surface area contributed by atoms with Crippen molar-refractivity contribution in [2.75, 3.05) is 12.8 Å². The van der Waals surface area contributed by atoms with Crippen molar-refractivity contribution >= 4 is 11.6 Å². The zero-order valence-electron chi connectivity index (χ0n) is 10.2. The van der Waals surface area contributed by atoms with E-state index in [-0.39, 0.29) is 17.4 Å². The molecule has 0 aliphatic heterocycles. The van der Waals surface area contributed by atoms with Crippen LogP contribution in [0.2, 0.25) is 0 Å². The number of carbonyl (C=O) groups excluding carboxylic acids is 1. The normalized spacial score (nSPS) is 10.0. The van der Waals surface area contributed by atoms with Crippen molar-refractivity contribution in [1.82, 2.24) is 10.3 Å². The minimum atomic E-state index is -0.578. The van der Waals surface area contributed by atoms with E-state index in [2.05, 4.69) is 10.3 Å². The van der Waals surface area contributed by atoms with Gasteiger partial charge in [0.15, 0.2) is 11.6 Å². The summed E-state index contributed by atoms with van der Waals surface area (Å²) >= 11 is 0. The number of carbonyl (C=O) groups is 1. The summed E-state index contributed by atoms with van der Waals surface area (Å²) in [6.45, 7) is 0. The number of nitrogens with zero attached hydrogens (tertiary/aromatic N) is 1. The number of aromatic nitrogens is 1. The second-order valence-electron chi connectivity index (χ2n) is 3.78. The third kappa shape index (κ3) is 2.98. The molecule has 2 rings (SSSR count). The molecule has 5 nitrogen and oxygen atoms in total. The van der Waals surface area contributed by atoms with E-state index in [1.54, 1.807) is 0 Å². The largest absolute Gasteiger partial charge is 0.453 e. The fraction of sp³-hybridized carbons (Fsp3) is 0.0769. The highest BCUT2D eigenvalue weighted by Gasteiger charge is 2.08. The number of hydrogen-bond acceptors (Lipinski definition) is 4. The monoisotopic (exact) mass is 261 g/mol. The van der Waals surface area contributed by atoms with Crippen molar-refractivity contribution in [3.05, 3.63) is 48.0 Å². The number of nitrogens with two attached hydrogens (primary N) is 1. The molecular formula is C13H12FN3O2. The Morgan fingerprint density at radius 2 is 2.16 bits per heavy atom. The second-order valence-corrected chi connectivity index (χ2v) is 3.78. The van der Waals surface area contributed by atoms with Crippen molar-refractivity contribution in [2.45, 2.75) is 0 Å². The van der Waals surface area contributed by atoms with E-state index in [0.717, 1.165) is 6.07 Å². The number of hydrogen-bond donors (Lipinski definition) is 2. The molecule has 1 aromatic carbocycles. The number of pyridine rings is 1. The van der Waals surface area contributed by atoms with Crippen molar-refractivity contribution in [1.29, 1.82) is 0 Å². The van der Waals surface area contributed by atoms with Crippen LogP contribution < -0.4 is 15.8 Å². The molecule has 0 saturated carbocycles. The van der Waals surface area contributed by atoms with Gasteiger partial charge in [0.1, 0.15) is 5.75 Å². The highest BCUT2D eigenvalue weighted by molar-refractivity contribution is 5.93. The van der Waals surface area contributed by atoms with Gasteiger partial charge in [-0.3, -0.25) is 9.78 Å². The number of rotatable bonds is 3. The van der Waals surface area contributed by atoms with Crippen LogP contribution in [0.4, 0.5) is 10.1 Å². The number of halogens is 1. The number of anilines is 1. The number of nitrogen functional groups attached to an aromatic ring is 1. The van der Waals surface area contributed by atoms with Crippen molar-refractivity contribution in [2.24, 2.45) is 0 Å². The highest BCUT2D eigenvalue weighted by atomic mass is 19.1. The average Bonchev–Trinajstić information content (AvgIpc) is 2.41. The van der Waals surface area contributed by atoms with Crippen LogP contribution in [-0.2, 0) is 0 Å². The summed E-state index contributed by atoms with van der Waals surface area (Å²) in [7, 11) is 1.51. The lowest BCUT2D eigenvalue weighted by atomic mass is 10.2. The minimum Gasteiger partial charge on any atom is -0.453 e. The first kappa shape index (κ1) is 12.8. The molecule has 1 amide bonds. The van der Waals surface area contributed by atoms with Gasteiger partial charge in [0, 0.05) is 25.0 Å². The summed E-state index contributed by atoms with van der Waals surface area (Å²) in [4.78, 5) is 15.3. The molecule has 0 radical (unpaired) electrons. The van der Waals surface area contributed by atoms with Gasteiger partial charge in [-0.15, -0.1) is 0 Å². The molecule has 1 heterocycles. The smallest absolute Gasteiger partial charge is 0.252 e. The van der Waals surface area contributed by atoms with Crippen LogP contribution in [0.1, 0.15) is 10.4 Å². The topological polar surface area (TPSA) is 77.2 Å². The molecule has 0 atom stereocenters. The fourth-order valence-corrected chi connectivity index (χ4v) is 1.47. The summed E-state index contributed by atoms with van der Waals surface area (Å²) in [6.07, 6.45) is 2.78. The van der Waals surface area contributed by atoms with Crippen LogP contribution in [0, 0.1) is 5.82 Å². The standard InChI is InChI=1S/C13H12FN3O2/c1-16-13(18)8-4-10(7-17-6-8)19-12-3-2-9(15)5-11(12)14/h2-7H,15H2,1H3,(H,16,18). The van der Waals surface area contributed by atoms with Gasteiger partial charge in [0.05, 0.1) is 11.8 Å². The van der Waals surface area contributed by atoms with E-state index in [9.17, 15) is 9.18 Å². The number of nitrogens with one attached hydrogen (secondary N) is 1. The molecule has 6 heteroatoms. The van der Waals surface area contributed by atoms with Gasteiger partial charge in [0.2, 0.25) is 0 Å². The molecule has 2 aromatic rings. The van der Waals surface area contributed by atoms with Crippen molar-refractivity contribution < 1.29 is 13.9 Å². The van der Waals surface area contributed by atoms with Gasteiger partial charge in [-0.05, 0) is 18.2 Å². The van der Waals surface area contributed by atoms with E-state index >= 15 is 0 Å². The fourth-order valence-electron chi connectivity index (χ4n) is 1.47. The van der Waals surface area contributed by atoms with E-state index in [1.807, 2.05) is 0 Å². The maximum Gasteiger partial charge on any atom is 0.252 e. The van der Waals surface area contributed by atoms with Gasteiger partial charge >= 0.3 is 0 Å². The average molecular weight is 261 g/mol. The molecule has 1 aromatic heterocycles. The van der Waals surface area contributed by atoms with E-state index in [4.69, 9.17) is 10.5 Å². The molecule has 0 spiro atoms. The summed E-state index contributed by atoms with van der Waals surface area (Å²) in [6, 6.07) is 5.57. The molecule has 3 N–H and O–H groups in total. The summed E-state index contributed by atoms with van der Waals surface area (Å²) < 4.78 is 18.9. The van der Waals surface area contributed by atoms with E-state index in [1.165, 1.54) is 37.6 Å². The lowest BCUT2D eigenvalue weighted by molar-refractivity contribution is 0.0962. The molecule has 0 aliphatic rings. The molecule has 0 aliphatic carbocycles. The van der Waals surface area contributed by atoms with E-state index < -0.39 is 5.82 Å². The summed E-state index contributed by atoms with van der Waals surface area (Å²) in [5, 5.41) is 2.47. The van der Waals surface area contributed by atoms with Crippen LogP contribution in [0.25, 0.3) is 0 Å². The second kappa shape index (κ2) is 5.34. The predicted molar refractivity (Wildman–Crippen MR) is 68.5 cm³/mol. The zero-order valence-corrected chi connectivity index (χ0v) is 10.2. The van der Waals surface area contributed by atoms with Gasteiger partial charge < -0.3 is 15.8 Å². The Hall–Kier alpha value is -2.63. The van der Waals surface area contributed by atoms with Crippen LogP contribution in [0.15, 0.2) is 36.7 Å². The lowest BCUT2D eigenvalue weighted by Gasteiger charge is -2.08. The maximum atomic E-state index is 13.6. The number of benzene rings is 1. The maximum absolute atomic E-state index is 13.6. The minimum absolute atomic E-state index is 0.0186. The lowest BCUT2D eigenvalue weighted by Crippen LogP contribution is -2.17. The molecule has 0 saturated heterocycles. The molecule has 0 fully saturated rings. The molecule has 0 bridgehead atoms. The Bertz CT molecular complexity index is 617. The zero-order chi connectivity index (χ0) is 13.8. The van der Waals surface area contributed by atoms with Gasteiger partial charge in [-0.2, -0.15) is 0 Å². The van der Waals surface area contributed by atoms with Gasteiger partial charge in [0.25, 0.3) is 5.91 Å². The van der Waals surface area contributed by atoms with Gasteiger partial charge in [-0.25, -0.2) is 4.39 Å². The first-order chi connectivity index (χ1) is 9.10. The Morgan fingerprint density at radius 3 is 2.84 bits per heavy atom. The van der Waals surface area contributed by atoms with Crippen LogP contribution in [0.5, 0.6) is 11.5 Å². The highest BCUT2D eigenvalue weighted by Crippen LogP contribution is 2.25. The van der Waals surface area contributed by atoms with Crippen LogP contribution in [-0.4, -0.2) is 17.9 Å². The third-order valence-corrected chi connectivity index (χ3v) is 2.39. The Balaban J connectivity index is 2.26. The number of amides is 1. The quantitative estimate of drug-likeness (QED) is 0.828. The first-order valence-corrected chi connectivity index (χ1v) is 5.50. The molecule has 98 valence electrons. The van der Waals surface area contributed by atoms with Crippen molar-refractivity contribution in [3.63, 3.8) is 0 Å². The number of ether oxygens (including phenoxy) is 1. The molecular weight excluding hydrogens is 249 g/mol. The SMILES string of the molecule is CNC(=O)c1cncc(Oc2ccc(N)cc2F)c1. The summed E-state index contributed by atoms with van der Waals surface area (Å²) in [5.74, 6) is -0.587. The Kier molecular flexibility index (Phi) is 3.61. The van der Waals surface area contributed by atoms with Gasteiger partial charge in [-0.1, -0.05) is 0 Å². The van der Waals surface area contributed by atoms with E-state index in [0.29, 0.717) is 11.3 Å². The molecule has 0 unspecified atom stereocenters. The molecule has 19 heavy (non-hydrogen) atoms. The third-order valence-electron chi connectivity index (χ3n) is 2.39. The Labute approximate surface area is 109 Å². The Morgan fingerprint density at radius 1 is 1.37 bits per heavy atom. The predicted octanol–water partition coefficient (Wildman–Crippen LogP) is 1.95. The summed E-state index contributed by atoms with van der Waals surface area (Å²) in [5.41, 5.74) is 6.08. The van der Waals surface area contributed by atoms with Crippen LogP contribution in [0.3, 0.4) is 0 Å².